The number of morpholine rings is 2. The molecular formula is C40H47N5O7S. The molecule has 0 atom stereocenters. The summed E-state index contributed by atoms with van der Waals surface area (Å²) < 4.78 is 49.3. The SMILES string of the molecule is COc1ccc2c(c1)C=C(c1c(C(=O)N3C4COCC3COC4)cnn1C)Cn1c-2c(C2CCCCC2)c2ccc(C(=O)NS(=O)(=O)CC(C)C)cc21. The molecule has 4 aromatic rings. The van der Waals surface area contributed by atoms with Crippen LogP contribution in [-0.2, 0) is 33.1 Å². The number of aromatic nitrogens is 3. The van der Waals surface area contributed by atoms with Crippen molar-refractivity contribution in [3.63, 3.8) is 0 Å². The molecule has 12 nitrogen and oxygen atoms in total. The Labute approximate surface area is 310 Å². The maximum atomic E-state index is 14.5. The van der Waals surface area contributed by atoms with Gasteiger partial charge >= 0.3 is 0 Å². The molecule has 13 heteroatoms. The van der Waals surface area contributed by atoms with Gasteiger partial charge in [0.05, 0.1) is 81.1 Å². The van der Waals surface area contributed by atoms with Gasteiger partial charge in [0, 0.05) is 29.1 Å². The van der Waals surface area contributed by atoms with Crippen LogP contribution in [0.1, 0.15) is 89.4 Å². The molecule has 3 aliphatic heterocycles. The molecule has 2 bridgehead atoms. The molecule has 2 amide bonds. The summed E-state index contributed by atoms with van der Waals surface area (Å²) in [5.41, 5.74) is 7.46. The summed E-state index contributed by atoms with van der Waals surface area (Å²) >= 11 is 0. The number of ether oxygens (including phenoxy) is 3. The number of amides is 2. The van der Waals surface area contributed by atoms with E-state index < -0.39 is 15.9 Å². The lowest BCUT2D eigenvalue weighted by atomic mass is 9.81. The number of benzene rings is 2. The second kappa shape index (κ2) is 14.1. The number of fused-ring (bicyclic) bond motifs is 7. The van der Waals surface area contributed by atoms with Crippen LogP contribution in [0.2, 0.25) is 0 Å². The van der Waals surface area contributed by atoms with Crippen LogP contribution in [-0.4, -0.2) is 90.9 Å². The van der Waals surface area contributed by atoms with Gasteiger partial charge in [-0.3, -0.25) is 14.3 Å². The van der Waals surface area contributed by atoms with Gasteiger partial charge in [-0.05, 0) is 77.8 Å². The number of sulfonamides is 1. The average Bonchev–Trinajstić information content (AvgIpc) is 3.61. The zero-order valence-electron chi connectivity index (χ0n) is 30.8. The Hall–Kier alpha value is -4.46. The van der Waals surface area contributed by atoms with Gasteiger partial charge in [-0.25, -0.2) is 13.1 Å². The fraction of sp³-hybridized carbons (Fsp3) is 0.475. The predicted octanol–water partition coefficient (Wildman–Crippen LogP) is 5.61. The fourth-order valence-electron chi connectivity index (χ4n) is 8.85. The van der Waals surface area contributed by atoms with Crippen LogP contribution in [0.3, 0.4) is 0 Å². The molecule has 2 saturated heterocycles. The Balaban J connectivity index is 1.31. The highest BCUT2D eigenvalue weighted by molar-refractivity contribution is 7.90. The first kappa shape index (κ1) is 35.6. The van der Waals surface area contributed by atoms with E-state index in [0.717, 1.165) is 59.0 Å². The molecule has 280 valence electrons. The van der Waals surface area contributed by atoms with E-state index in [1.165, 1.54) is 12.0 Å². The molecular weight excluding hydrogens is 695 g/mol. The van der Waals surface area contributed by atoms with Gasteiger partial charge in [-0.2, -0.15) is 5.10 Å². The van der Waals surface area contributed by atoms with Gasteiger partial charge < -0.3 is 23.7 Å². The smallest absolute Gasteiger partial charge is 0.264 e. The van der Waals surface area contributed by atoms with Crippen molar-refractivity contribution >= 4 is 44.4 Å². The minimum Gasteiger partial charge on any atom is -0.497 e. The molecule has 4 aliphatic rings. The van der Waals surface area contributed by atoms with Crippen molar-refractivity contribution in [2.75, 3.05) is 39.3 Å². The fourth-order valence-corrected chi connectivity index (χ4v) is 10.2. The van der Waals surface area contributed by atoms with Crippen molar-refractivity contribution in [3.05, 3.63) is 70.5 Å². The van der Waals surface area contributed by atoms with Crippen LogP contribution in [0.25, 0.3) is 33.8 Å². The Kier molecular flexibility index (Phi) is 9.44. The van der Waals surface area contributed by atoms with Crippen molar-refractivity contribution in [1.29, 1.82) is 0 Å². The Bertz CT molecular complexity index is 2210. The molecule has 53 heavy (non-hydrogen) atoms. The lowest BCUT2D eigenvalue weighted by molar-refractivity contribution is -0.119. The second-order valence-corrected chi connectivity index (χ2v) is 17.0. The maximum absolute atomic E-state index is 14.5. The summed E-state index contributed by atoms with van der Waals surface area (Å²) in [6.07, 6.45) is 9.38. The van der Waals surface area contributed by atoms with Gasteiger partial charge in [0.1, 0.15) is 5.75 Å². The number of nitrogens with one attached hydrogen (secondary N) is 1. The van der Waals surface area contributed by atoms with Crippen LogP contribution in [0, 0.1) is 5.92 Å². The van der Waals surface area contributed by atoms with Crippen LogP contribution in [0.15, 0.2) is 42.6 Å². The summed E-state index contributed by atoms with van der Waals surface area (Å²) in [6.45, 7) is 5.68. The highest BCUT2D eigenvalue weighted by Gasteiger charge is 2.41. The van der Waals surface area contributed by atoms with Crippen LogP contribution in [0.5, 0.6) is 5.75 Å². The molecule has 0 radical (unpaired) electrons. The lowest BCUT2D eigenvalue weighted by Gasteiger charge is -2.45. The van der Waals surface area contributed by atoms with Gasteiger partial charge in [0.15, 0.2) is 0 Å². The summed E-state index contributed by atoms with van der Waals surface area (Å²) in [5.74, 6) is -0.0174. The van der Waals surface area contributed by atoms with Crippen LogP contribution < -0.4 is 9.46 Å². The molecule has 0 spiro atoms. The summed E-state index contributed by atoms with van der Waals surface area (Å²) in [4.78, 5) is 30.0. The number of rotatable bonds is 8. The molecule has 2 aromatic carbocycles. The van der Waals surface area contributed by atoms with Gasteiger partial charge in [-0.1, -0.05) is 39.2 Å². The van der Waals surface area contributed by atoms with E-state index in [1.54, 1.807) is 37.9 Å². The minimum absolute atomic E-state index is 0.104. The van der Waals surface area contributed by atoms with Crippen molar-refractivity contribution < 1.29 is 32.2 Å². The zero-order chi connectivity index (χ0) is 37.0. The molecule has 8 rings (SSSR count). The standard InChI is InChI=1S/C40H47N5O7S/c1-24(2)23-53(48,49)42-39(46)26-10-12-33-35(16-26)44-18-28(37-34(17-41-43(37)3)40(47)45-29-19-51-21-30(45)22-52-20-29)14-27-15-31(50-4)11-13-32(27)38(44)36(33)25-8-6-5-7-9-25/h10-17,24-25,29-30H,5-9,18-23H2,1-4H3,(H,42,46). The molecule has 1 saturated carbocycles. The van der Waals surface area contributed by atoms with E-state index >= 15 is 0 Å². The third-order valence-corrected chi connectivity index (χ3v) is 12.7. The molecule has 1 N–H and O–H groups in total. The largest absolute Gasteiger partial charge is 0.497 e. The maximum Gasteiger partial charge on any atom is 0.264 e. The Morgan fingerprint density at radius 2 is 1.70 bits per heavy atom. The van der Waals surface area contributed by atoms with Gasteiger partial charge in [0.2, 0.25) is 10.0 Å². The van der Waals surface area contributed by atoms with E-state index in [2.05, 4.69) is 26.5 Å². The Morgan fingerprint density at radius 1 is 0.981 bits per heavy atom. The summed E-state index contributed by atoms with van der Waals surface area (Å²) in [6, 6.07) is 11.3. The first-order valence-corrected chi connectivity index (χ1v) is 20.3. The highest BCUT2D eigenvalue weighted by Crippen LogP contribution is 2.48. The second-order valence-electron chi connectivity index (χ2n) is 15.3. The van der Waals surface area contributed by atoms with E-state index in [4.69, 9.17) is 14.2 Å². The number of methoxy groups -OCH3 is 1. The third kappa shape index (κ3) is 6.57. The Morgan fingerprint density at radius 3 is 2.38 bits per heavy atom. The zero-order valence-corrected chi connectivity index (χ0v) is 31.6. The molecule has 0 unspecified atom stereocenters. The number of carbonyl (C=O) groups is 2. The van der Waals surface area contributed by atoms with E-state index in [0.29, 0.717) is 55.9 Å². The predicted molar refractivity (Wildman–Crippen MR) is 202 cm³/mol. The highest BCUT2D eigenvalue weighted by atomic mass is 32.2. The number of hydrogen-bond donors (Lipinski definition) is 1. The number of aryl methyl sites for hydroxylation is 1. The van der Waals surface area contributed by atoms with E-state index in [-0.39, 0.29) is 35.2 Å². The lowest BCUT2D eigenvalue weighted by Crippen LogP contribution is -2.61. The molecule has 2 aromatic heterocycles. The van der Waals surface area contributed by atoms with E-state index in [9.17, 15) is 18.0 Å². The first-order valence-electron chi connectivity index (χ1n) is 18.6. The number of allylic oxidation sites excluding steroid dienone is 1. The van der Waals surface area contributed by atoms with E-state index in [1.807, 2.05) is 36.2 Å². The number of carbonyl (C=O) groups excluding carboxylic acids is 2. The van der Waals surface area contributed by atoms with Crippen molar-refractivity contribution in [1.82, 2.24) is 24.0 Å². The third-order valence-electron chi connectivity index (χ3n) is 11.1. The van der Waals surface area contributed by atoms with Crippen molar-refractivity contribution in [2.45, 2.75) is 70.5 Å². The van der Waals surface area contributed by atoms with Gasteiger partial charge in [0.25, 0.3) is 11.8 Å². The monoisotopic (exact) mass is 741 g/mol. The first-order chi connectivity index (χ1) is 25.5. The van der Waals surface area contributed by atoms with Gasteiger partial charge in [-0.15, -0.1) is 0 Å². The van der Waals surface area contributed by atoms with Crippen LogP contribution in [0.4, 0.5) is 0 Å². The van der Waals surface area contributed by atoms with Crippen molar-refractivity contribution in [3.8, 4) is 17.0 Å². The summed E-state index contributed by atoms with van der Waals surface area (Å²) in [7, 11) is -0.311. The number of hydrogen-bond acceptors (Lipinski definition) is 8. The topological polar surface area (TPSA) is 134 Å². The normalized spacial score (nSPS) is 20.5. The average molecular weight is 742 g/mol. The molecule has 1 aliphatic carbocycles. The molecule has 5 heterocycles. The van der Waals surface area contributed by atoms with Crippen molar-refractivity contribution in [2.24, 2.45) is 13.0 Å². The minimum atomic E-state index is -3.82. The van der Waals surface area contributed by atoms with Crippen LogP contribution >= 0.6 is 0 Å². The quantitative estimate of drug-likeness (QED) is 0.247. The molecule has 3 fully saturated rings. The summed E-state index contributed by atoms with van der Waals surface area (Å²) in [5, 5.41) is 5.67. The number of nitrogens with zero attached hydrogens (tertiary/aromatic N) is 4.